The number of hydrogen-bond donors (Lipinski definition) is 2. The van der Waals surface area contributed by atoms with Crippen molar-refractivity contribution in [3.05, 3.63) is 48.2 Å². The van der Waals surface area contributed by atoms with Crippen molar-refractivity contribution in [2.24, 2.45) is 0 Å². The molecule has 2 N–H and O–H groups in total. The van der Waals surface area contributed by atoms with E-state index in [-0.39, 0.29) is 23.3 Å². The van der Waals surface area contributed by atoms with Crippen LogP contribution in [0.5, 0.6) is 5.88 Å². The van der Waals surface area contributed by atoms with Crippen LogP contribution in [0.3, 0.4) is 0 Å². The molecule has 0 bridgehead atoms. The van der Waals surface area contributed by atoms with Crippen molar-refractivity contribution < 1.29 is 14.3 Å². The Morgan fingerprint density at radius 1 is 1.08 bits per heavy atom. The van der Waals surface area contributed by atoms with Gasteiger partial charge in [0, 0.05) is 11.8 Å². The molecule has 1 aromatic heterocycles. The monoisotopic (exact) mass is 345 g/mol. The molecule has 0 fully saturated rings. The topological polar surface area (TPSA) is 80.3 Å². The Bertz CT molecular complexity index is 704. The number of benzene rings is 1. The van der Waals surface area contributed by atoms with E-state index in [4.69, 9.17) is 4.74 Å². The van der Waals surface area contributed by atoms with Gasteiger partial charge in [-0.15, -0.1) is 11.8 Å². The highest BCUT2D eigenvalue weighted by Crippen LogP contribution is 2.13. The highest BCUT2D eigenvalue weighted by molar-refractivity contribution is 8.00. The number of anilines is 2. The van der Waals surface area contributed by atoms with Gasteiger partial charge in [-0.2, -0.15) is 0 Å². The third kappa shape index (κ3) is 5.92. The Hall–Kier alpha value is -2.54. The minimum atomic E-state index is -0.185. The van der Waals surface area contributed by atoms with Crippen LogP contribution in [0.4, 0.5) is 11.4 Å². The van der Waals surface area contributed by atoms with Gasteiger partial charge in [0.1, 0.15) is 0 Å². The molecule has 0 saturated heterocycles. The number of amides is 2. The fourth-order valence-corrected chi connectivity index (χ4v) is 2.55. The van der Waals surface area contributed by atoms with Gasteiger partial charge < -0.3 is 15.4 Å². The lowest BCUT2D eigenvalue weighted by Crippen LogP contribution is -2.18. The molecule has 0 aliphatic rings. The molecule has 0 aliphatic carbocycles. The zero-order valence-corrected chi connectivity index (χ0v) is 14.4. The molecule has 1 aromatic carbocycles. The lowest BCUT2D eigenvalue weighted by atomic mass is 10.2. The molecule has 6 nitrogen and oxygen atoms in total. The van der Waals surface area contributed by atoms with E-state index in [1.54, 1.807) is 12.1 Å². The quantitative estimate of drug-likeness (QED) is 0.806. The lowest BCUT2D eigenvalue weighted by Gasteiger charge is -2.07. The number of nitrogens with zero attached hydrogens (tertiary/aromatic N) is 1. The second-order valence-corrected chi connectivity index (χ2v) is 6.03. The smallest absolute Gasteiger partial charge is 0.234 e. The molecule has 0 atom stereocenters. The van der Waals surface area contributed by atoms with E-state index in [9.17, 15) is 9.59 Å². The molecule has 0 radical (unpaired) electrons. The van der Waals surface area contributed by atoms with Crippen molar-refractivity contribution in [3.8, 4) is 5.88 Å². The van der Waals surface area contributed by atoms with Crippen molar-refractivity contribution in [1.29, 1.82) is 0 Å². The Labute approximate surface area is 145 Å². The molecule has 0 saturated carbocycles. The number of methoxy groups -OCH3 is 1. The Kier molecular flexibility index (Phi) is 6.62. The van der Waals surface area contributed by atoms with E-state index in [2.05, 4.69) is 15.6 Å². The average molecular weight is 345 g/mol. The highest BCUT2D eigenvalue weighted by atomic mass is 32.2. The molecule has 24 heavy (non-hydrogen) atoms. The van der Waals surface area contributed by atoms with Crippen LogP contribution in [0.2, 0.25) is 0 Å². The maximum absolute atomic E-state index is 11.8. The van der Waals surface area contributed by atoms with Gasteiger partial charge in [-0.05, 0) is 30.7 Å². The average Bonchev–Trinajstić information content (AvgIpc) is 2.55. The van der Waals surface area contributed by atoms with Gasteiger partial charge >= 0.3 is 0 Å². The van der Waals surface area contributed by atoms with Crippen LogP contribution < -0.4 is 15.4 Å². The molecular weight excluding hydrogens is 326 g/mol. The summed E-state index contributed by atoms with van der Waals surface area (Å²) in [6.45, 7) is 1.96. The van der Waals surface area contributed by atoms with Crippen LogP contribution in [0.15, 0.2) is 42.6 Å². The normalized spacial score (nSPS) is 10.1. The summed E-state index contributed by atoms with van der Waals surface area (Å²) in [6.07, 6.45) is 1.52. The van der Waals surface area contributed by atoms with E-state index in [1.165, 1.54) is 25.1 Å². The Morgan fingerprint density at radius 2 is 1.79 bits per heavy atom. The summed E-state index contributed by atoms with van der Waals surface area (Å²) < 4.78 is 4.95. The van der Waals surface area contributed by atoms with Crippen LogP contribution in [-0.2, 0) is 9.59 Å². The molecular formula is C17H19N3O3S. The Morgan fingerprint density at radius 3 is 2.38 bits per heavy atom. The summed E-state index contributed by atoms with van der Waals surface area (Å²) >= 11 is 1.25. The van der Waals surface area contributed by atoms with Crippen molar-refractivity contribution in [1.82, 2.24) is 4.98 Å². The minimum Gasteiger partial charge on any atom is -0.481 e. The van der Waals surface area contributed by atoms with Crippen molar-refractivity contribution >= 4 is 35.0 Å². The van der Waals surface area contributed by atoms with Crippen molar-refractivity contribution in [2.45, 2.75) is 6.92 Å². The van der Waals surface area contributed by atoms with Crippen molar-refractivity contribution in [3.63, 3.8) is 0 Å². The number of nitrogens with one attached hydrogen (secondary N) is 2. The number of carbonyl (C=O) groups excluding carboxylic acids is 2. The molecule has 2 rings (SSSR count). The molecule has 1 heterocycles. The number of carbonyl (C=O) groups is 2. The lowest BCUT2D eigenvalue weighted by molar-refractivity contribution is -0.114. The second-order valence-electron chi connectivity index (χ2n) is 5.05. The number of rotatable bonds is 7. The van der Waals surface area contributed by atoms with Crippen LogP contribution >= 0.6 is 11.8 Å². The number of hydrogen-bond acceptors (Lipinski definition) is 5. The number of aryl methyl sites for hydroxylation is 1. The predicted octanol–water partition coefficient (Wildman–Crippen LogP) is 2.71. The van der Waals surface area contributed by atoms with Crippen LogP contribution in [0, 0.1) is 6.92 Å². The number of ether oxygens (including phenoxy) is 1. The van der Waals surface area contributed by atoms with Crippen molar-refractivity contribution in [2.75, 3.05) is 29.2 Å². The summed E-state index contributed by atoms with van der Waals surface area (Å²) in [5.41, 5.74) is 2.42. The van der Waals surface area contributed by atoms with Gasteiger partial charge in [-0.1, -0.05) is 12.1 Å². The summed E-state index contributed by atoms with van der Waals surface area (Å²) in [6, 6.07) is 10.9. The highest BCUT2D eigenvalue weighted by Gasteiger charge is 2.07. The number of aromatic nitrogens is 1. The van der Waals surface area contributed by atoms with E-state index in [0.717, 1.165) is 11.3 Å². The van der Waals surface area contributed by atoms with Gasteiger partial charge in [0.2, 0.25) is 17.7 Å². The van der Waals surface area contributed by atoms with E-state index in [1.807, 2.05) is 31.2 Å². The number of thioether (sulfide) groups is 1. The maximum Gasteiger partial charge on any atom is 0.234 e. The third-order valence-electron chi connectivity index (χ3n) is 3.00. The molecule has 7 heteroatoms. The first-order valence-electron chi connectivity index (χ1n) is 7.31. The fourth-order valence-electron chi connectivity index (χ4n) is 1.93. The van der Waals surface area contributed by atoms with E-state index < -0.39 is 0 Å². The molecule has 0 aliphatic heterocycles. The maximum atomic E-state index is 11.8. The van der Waals surface area contributed by atoms with E-state index >= 15 is 0 Å². The third-order valence-corrected chi connectivity index (χ3v) is 3.93. The Balaban J connectivity index is 1.70. The summed E-state index contributed by atoms with van der Waals surface area (Å²) in [5, 5.41) is 5.52. The summed E-state index contributed by atoms with van der Waals surface area (Å²) in [4.78, 5) is 27.7. The fraction of sp³-hybridized carbons (Fsp3) is 0.235. The molecule has 2 amide bonds. The first kappa shape index (κ1) is 17.8. The zero-order chi connectivity index (χ0) is 17.4. The summed E-state index contributed by atoms with van der Waals surface area (Å²) in [5.74, 6) is 0.560. The van der Waals surface area contributed by atoms with Crippen LogP contribution in [-0.4, -0.2) is 35.4 Å². The van der Waals surface area contributed by atoms with Crippen LogP contribution in [0.25, 0.3) is 0 Å². The molecule has 0 unspecified atom stereocenters. The van der Waals surface area contributed by atoms with Gasteiger partial charge in [0.25, 0.3) is 0 Å². The van der Waals surface area contributed by atoms with Gasteiger partial charge in [-0.25, -0.2) is 4.98 Å². The molecule has 2 aromatic rings. The van der Waals surface area contributed by atoms with Gasteiger partial charge in [0.05, 0.1) is 30.5 Å². The van der Waals surface area contributed by atoms with Gasteiger partial charge in [0.15, 0.2) is 0 Å². The summed E-state index contributed by atoms with van der Waals surface area (Å²) in [7, 11) is 1.53. The van der Waals surface area contributed by atoms with E-state index in [0.29, 0.717) is 11.6 Å². The first-order valence-corrected chi connectivity index (χ1v) is 8.46. The SMILES string of the molecule is COc1ccc(NC(=O)CSCC(=O)Nc2cccc(C)c2)cn1. The minimum absolute atomic E-state index is 0.135. The van der Waals surface area contributed by atoms with Gasteiger partial charge in [-0.3, -0.25) is 9.59 Å². The number of pyridine rings is 1. The molecule has 126 valence electrons. The zero-order valence-electron chi connectivity index (χ0n) is 13.5. The second kappa shape index (κ2) is 8.93. The van der Waals surface area contributed by atoms with Crippen LogP contribution in [0.1, 0.15) is 5.56 Å². The largest absolute Gasteiger partial charge is 0.481 e. The predicted molar refractivity (Wildman–Crippen MR) is 96.6 cm³/mol. The standard InChI is InChI=1S/C17H19N3O3S/c1-12-4-3-5-13(8-12)19-15(21)10-24-11-16(22)20-14-6-7-17(23-2)18-9-14/h3-9H,10-11H2,1-2H3,(H,19,21)(H,20,22). The first-order chi connectivity index (χ1) is 11.6. The molecule has 0 spiro atoms.